The van der Waals surface area contributed by atoms with Crippen LogP contribution in [0, 0.1) is 17.5 Å². The number of benzene rings is 1. The number of nitrogens with one attached hydrogen (secondary N) is 1. The highest BCUT2D eigenvalue weighted by Gasteiger charge is 2.24. The molecule has 0 fully saturated rings. The molecule has 21 heavy (non-hydrogen) atoms. The summed E-state index contributed by atoms with van der Waals surface area (Å²) in [6.07, 6.45) is 0. The van der Waals surface area contributed by atoms with E-state index < -0.39 is 33.2 Å². The van der Waals surface area contributed by atoms with Crippen molar-refractivity contribution < 1.29 is 26.0 Å². The molecule has 0 atom stereocenters. The molecule has 0 bridgehead atoms. The van der Waals surface area contributed by atoms with E-state index in [1.54, 1.807) is 4.72 Å². The lowest BCUT2D eigenvalue weighted by Crippen LogP contribution is -2.14. The lowest BCUT2D eigenvalue weighted by molar-refractivity contribution is 0.484. The minimum absolute atomic E-state index is 0.0585. The van der Waals surface area contributed by atoms with Crippen LogP contribution < -0.4 is 10.5 Å². The fourth-order valence-electron chi connectivity index (χ4n) is 1.51. The zero-order valence-electron chi connectivity index (χ0n) is 10.2. The van der Waals surface area contributed by atoms with Crippen LogP contribution in [0.3, 0.4) is 0 Å². The Balaban J connectivity index is 2.44. The van der Waals surface area contributed by atoms with Gasteiger partial charge in [-0.3, -0.25) is 4.72 Å². The monoisotopic (exact) mass is 384 g/mol. The van der Waals surface area contributed by atoms with Gasteiger partial charge in [0, 0.05) is 18.2 Å². The van der Waals surface area contributed by atoms with Crippen LogP contribution in [-0.4, -0.2) is 8.42 Å². The maximum atomic E-state index is 13.5. The van der Waals surface area contributed by atoms with Crippen LogP contribution in [-0.2, 0) is 16.6 Å². The third-order valence-electron chi connectivity index (χ3n) is 2.43. The summed E-state index contributed by atoms with van der Waals surface area (Å²) >= 11 is 2.87. The number of halogens is 4. The lowest BCUT2D eigenvalue weighted by Gasteiger charge is -2.08. The van der Waals surface area contributed by atoms with Crippen LogP contribution in [0.15, 0.2) is 32.2 Å². The first kappa shape index (κ1) is 15.9. The van der Waals surface area contributed by atoms with Crippen molar-refractivity contribution in [3.05, 3.63) is 46.1 Å². The van der Waals surface area contributed by atoms with Crippen LogP contribution in [0.1, 0.15) is 5.76 Å². The highest BCUT2D eigenvalue weighted by atomic mass is 79.9. The van der Waals surface area contributed by atoms with E-state index in [2.05, 4.69) is 15.9 Å². The third-order valence-corrected chi connectivity index (χ3v) is 4.66. The Bertz CT molecular complexity index is 792. The van der Waals surface area contributed by atoms with E-state index in [0.29, 0.717) is 12.1 Å². The molecule has 3 N–H and O–H groups in total. The molecule has 2 rings (SSSR count). The fraction of sp³-hybridized carbons (Fsp3) is 0.0909. The zero-order valence-corrected chi connectivity index (χ0v) is 12.6. The first-order valence-corrected chi connectivity index (χ1v) is 7.68. The van der Waals surface area contributed by atoms with Crippen molar-refractivity contribution in [1.82, 2.24) is 0 Å². The van der Waals surface area contributed by atoms with E-state index in [-0.39, 0.29) is 21.9 Å². The Kier molecular flexibility index (Phi) is 4.30. The Morgan fingerprint density at radius 2 is 1.90 bits per heavy atom. The standard InChI is InChI=1S/C11H8BrF3N2O3S/c12-11-9(3-6(4-16)20-11)21(18,19)17-8-2-5(13)1-7(14)10(8)15/h1-3,17H,4,16H2. The molecule has 0 aliphatic rings. The molecule has 0 radical (unpaired) electrons. The Morgan fingerprint density at radius 1 is 1.24 bits per heavy atom. The number of nitrogens with two attached hydrogens (primary N) is 1. The van der Waals surface area contributed by atoms with E-state index >= 15 is 0 Å². The lowest BCUT2D eigenvalue weighted by atomic mass is 10.3. The summed E-state index contributed by atoms with van der Waals surface area (Å²) in [5.74, 6) is -3.99. The summed E-state index contributed by atoms with van der Waals surface area (Å²) in [7, 11) is -4.31. The Hall–Kier alpha value is -1.52. The van der Waals surface area contributed by atoms with Gasteiger partial charge in [0.25, 0.3) is 10.0 Å². The highest BCUT2D eigenvalue weighted by Crippen LogP contribution is 2.29. The molecule has 0 unspecified atom stereocenters. The number of sulfonamides is 1. The van der Waals surface area contributed by atoms with E-state index in [1.165, 1.54) is 0 Å². The number of rotatable bonds is 4. The fourth-order valence-corrected chi connectivity index (χ4v) is 3.56. The molecule has 0 amide bonds. The van der Waals surface area contributed by atoms with Crippen molar-refractivity contribution in [3.8, 4) is 0 Å². The SMILES string of the molecule is NCc1cc(S(=O)(=O)Nc2cc(F)cc(F)c2F)c(Br)o1. The van der Waals surface area contributed by atoms with Crippen molar-refractivity contribution in [2.75, 3.05) is 4.72 Å². The largest absolute Gasteiger partial charge is 0.452 e. The topological polar surface area (TPSA) is 85.3 Å². The molecule has 114 valence electrons. The number of anilines is 1. The zero-order chi connectivity index (χ0) is 15.8. The Morgan fingerprint density at radius 3 is 2.48 bits per heavy atom. The molecule has 2 aromatic rings. The van der Waals surface area contributed by atoms with Crippen LogP contribution in [0.25, 0.3) is 0 Å². The van der Waals surface area contributed by atoms with Crippen LogP contribution in [0.2, 0.25) is 0 Å². The molecule has 1 aromatic heterocycles. The average molecular weight is 385 g/mol. The summed E-state index contributed by atoms with van der Waals surface area (Å²) in [5, 5.41) is 0. The second-order valence-electron chi connectivity index (χ2n) is 3.91. The predicted molar refractivity (Wildman–Crippen MR) is 71.4 cm³/mol. The summed E-state index contributed by atoms with van der Waals surface area (Å²) in [6.45, 7) is -0.0585. The smallest absolute Gasteiger partial charge is 0.266 e. The van der Waals surface area contributed by atoms with Gasteiger partial charge in [-0.25, -0.2) is 21.6 Å². The van der Waals surface area contributed by atoms with Gasteiger partial charge >= 0.3 is 0 Å². The molecule has 0 aliphatic carbocycles. The van der Waals surface area contributed by atoms with Crippen LogP contribution >= 0.6 is 15.9 Å². The van der Waals surface area contributed by atoms with Crippen LogP contribution in [0.4, 0.5) is 18.9 Å². The van der Waals surface area contributed by atoms with Gasteiger partial charge in [-0.2, -0.15) is 0 Å². The molecular formula is C11H8BrF3N2O3S. The molecule has 1 heterocycles. The minimum Gasteiger partial charge on any atom is -0.452 e. The van der Waals surface area contributed by atoms with Gasteiger partial charge in [0.2, 0.25) is 0 Å². The van der Waals surface area contributed by atoms with E-state index in [0.717, 1.165) is 6.07 Å². The molecule has 0 spiro atoms. The number of hydrogen-bond donors (Lipinski definition) is 2. The van der Waals surface area contributed by atoms with Crippen molar-refractivity contribution in [3.63, 3.8) is 0 Å². The Labute approximate surface area is 126 Å². The first-order valence-electron chi connectivity index (χ1n) is 5.40. The molecule has 0 saturated heterocycles. The molecule has 5 nitrogen and oxygen atoms in total. The van der Waals surface area contributed by atoms with Crippen molar-refractivity contribution in [1.29, 1.82) is 0 Å². The van der Waals surface area contributed by atoms with Crippen molar-refractivity contribution in [2.45, 2.75) is 11.4 Å². The number of hydrogen-bond acceptors (Lipinski definition) is 4. The second-order valence-corrected chi connectivity index (χ2v) is 6.28. The molecule has 10 heteroatoms. The normalized spacial score (nSPS) is 11.7. The van der Waals surface area contributed by atoms with Crippen molar-refractivity contribution in [2.24, 2.45) is 5.73 Å². The van der Waals surface area contributed by atoms with Gasteiger partial charge in [-0.05, 0) is 15.9 Å². The average Bonchev–Trinajstić information content (AvgIpc) is 2.77. The van der Waals surface area contributed by atoms with Gasteiger partial charge in [0.1, 0.15) is 16.5 Å². The minimum atomic E-state index is -4.31. The summed E-state index contributed by atoms with van der Waals surface area (Å²) < 4.78 is 70.3. The molecule has 0 aliphatic heterocycles. The van der Waals surface area contributed by atoms with Gasteiger partial charge in [0.15, 0.2) is 16.3 Å². The summed E-state index contributed by atoms with van der Waals surface area (Å²) in [4.78, 5) is -0.369. The second kappa shape index (κ2) is 5.70. The van der Waals surface area contributed by atoms with Gasteiger partial charge in [0.05, 0.1) is 12.2 Å². The summed E-state index contributed by atoms with van der Waals surface area (Å²) in [5.41, 5.74) is 4.45. The highest BCUT2D eigenvalue weighted by molar-refractivity contribution is 9.10. The quantitative estimate of drug-likeness (QED) is 0.793. The van der Waals surface area contributed by atoms with Gasteiger partial charge in [-0.15, -0.1) is 0 Å². The van der Waals surface area contributed by atoms with E-state index in [9.17, 15) is 21.6 Å². The molecule has 1 aromatic carbocycles. The van der Waals surface area contributed by atoms with Gasteiger partial charge in [-0.1, -0.05) is 0 Å². The maximum absolute atomic E-state index is 13.5. The van der Waals surface area contributed by atoms with Crippen molar-refractivity contribution >= 4 is 31.6 Å². The molecule has 0 saturated carbocycles. The number of furan rings is 1. The van der Waals surface area contributed by atoms with Crippen LogP contribution in [0.5, 0.6) is 0 Å². The molecular weight excluding hydrogens is 377 g/mol. The first-order chi connectivity index (χ1) is 9.74. The maximum Gasteiger partial charge on any atom is 0.266 e. The summed E-state index contributed by atoms with van der Waals surface area (Å²) in [6, 6.07) is 1.93. The third kappa shape index (κ3) is 3.22. The van der Waals surface area contributed by atoms with E-state index in [1.807, 2.05) is 0 Å². The predicted octanol–water partition coefficient (Wildman–Crippen LogP) is 2.72. The van der Waals surface area contributed by atoms with E-state index in [4.69, 9.17) is 10.2 Å². The van der Waals surface area contributed by atoms with Gasteiger partial charge < -0.3 is 10.2 Å².